The molecule has 0 aliphatic heterocycles. The number of carbonyl (C=O) groups excluding carboxylic acids is 2. The van der Waals surface area contributed by atoms with Crippen LogP contribution < -0.4 is 5.32 Å². The van der Waals surface area contributed by atoms with Crippen LogP contribution in [-0.2, 0) is 16.1 Å². The van der Waals surface area contributed by atoms with Crippen LogP contribution in [0, 0.1) is 6.92 Å². The first-order chi connectivity index (χ1) is 14.0. The van der Waals surface area contributed by atoms with Crippen molar-refractivity contribution in [2.45, 2.75) is 32.0 Å². The lowest BCUT2D eigenvalue weighted by Gasteiger charge is -2.08. The molecule has 7 nitrogen and oxygen atoms in total. The van der Waals surface area contributed by atoms with Crippen molar-refractivity contribution in [3.05, 3.63) is 47.1 Å². The van der Waals surface area contributed by atoms with E-state index in [-0.39, 0.29) is 11.7 Å². The van der Waals surface area contributed by atoms with E-state index in [4.69, 9.17) is 4.74 Å². The third-order valence-corrected chi connectivity index (χ3v) is 6.06. The lowest BCUT2D eigenvalue weighted by Crippen LogP contribution is -2.16. The summed E-state index contributed by atoms with van der Waals surface area (Å²) >= 11 is 2.63. The normalized spacial score (nSPS) is 10.7. The number of amides is 1. The van der Waals surface area contributed by atoms with E-state index in [0.29, 0.717) is 15.7 Å². The fourth-order valence-corrected chi connectivity index (χ4v) is 4.61. The van der Waals surface area contributed by atoms with Gasteiger partial charge in [0.2, 0.25) is 5.91 Å². The van der Waals surface area contributed by atoms with Crippen LogP contribution in [0.3, 0.4) is 0 Å². The van der Waals surface area contributed by atoms with Crippen LogP contribution >= 0.6 is 23.1 Å². The average Bonchev–Trinajstić information content (AvgIpc) is 3.31. The molecule has 0 aliphatic rings. The molecule has 0 saturated carbocycles. The maximum absolute atomic E-state index is 12.5. The van der Waals surface area contributed by atoms with Crippen LogP contribution in [0.2, 0.25) is 0 Å². The molecule has 0 aliphatic carbocycles. The first-order valence-electron chi connectivity index (χ1n) is 9.12. The van der Waals surface area contributed by atoms with Crippen molar-refractivity contribution in [2.24, 2.45) is 0 Å². The van der Waals surface area contributed by atoms with Gasteiger partial charge in [0.25, 0.3) is 0 Å². The number of thioether (sulfide) groups is 1. The van der Waals surface area contributed by atoms with Gasteiger partial charge in [-0.15, -0.1) is 21.5 Å². The highest BCUT2D eigenvalue weighted by molar-refractivity contribution is 7.99. The fourth-order valence-electron chi connectivity index (χ4n) is 2.83. The van der Waals surface area contributed by atoms with Crippen LogP contribution in [0.5, 0.6) is 0 Å². The highest BCUT2D eigenvalue weighted by atomic mass is 32.2. The smallest absolute Gasteiger partial charge is 0.341 e. The van der Waals surface area contributed by atoms with Gasteiger partial charge in [0.05, 0.1) is 12.9 Å². The molecule has 0 bridgehead atoms. The van der Waals surface area contributed by atoms with Crippen LogP contribution in [0.15, 0.2) is 40.9 Å². The van der Waals surface area contributed by atoms with E-state index < -0.39 is 5.97 Å². The zero-order chi connectivity index (χ0) is 20.8. The SMILES string of the molecule is CCCn1c(C)nnc1SCC(=O)Nc1scc(-c2ccccc2)c1C(=O)OC. The Bertz CT molecular complexity index is 999. The van der Waals surface area contributed by atoms with Crippen LogP contribution in [0.4, 0.5) is 5.00 Å². The number of carbonyl (C=O) groups is 2. The molecule has 0 radical (unpaired) electrons. The Labute approximate surface area is 177 Å². The number of ether oxygens (including phenoxy) is 1. The number of aromatic nitrogens is 3. The van der Waals surface area contributed by atoms with Crippen LogP contribution in [-0.4, -0.2) is 39.5 Å². The first-order valence-corrected chi connectivity index (χ1v) is 11.0. The van der Waals surface area contributed by atoms with E-state index >= 15 is 0 Å². The molecule has 1 amide bonds. The molecule has 0 atom stereocenters. The maximum Gasteiger partial charge on any atom is 0.341 e. The minimum atomic E-state index is -0.480. The minimum absolute atomic E-state index is 0.168. The van der Waals surface area contributed by atoms with Gasteiger partial charge in [-0.05, 0) is 18.9 Å². The summed E-state index contributed by atoms with van der Waals surface area (Å²) in [4.78, 5) is 24.9. The largest absolute Gasteiger partial charge is 0.465 e. The van der Waals surface area contributed by atoms with E-state index in [1.54, 1.807) is 0 Å². The van der Waals surface area contributed by atoms with Gasteiger partial charge in [-0.3, -0.25) is 4.79 Å². The number of hydrogen-bond acceptors (Lipinski definition) is 7. The van der Waals surface area contributed by atoms with E-state index in [0.717, 1.165) is 29.9 Å². The molecule has 0 unspecified atom stereocenters. The number of methoxy groups -OCH3 is 1. The van der Waals surface area contributed by atoms with Crippen molar-refractivity contribution < 1.29 is 14.3 Å². The number of hydrogen-bond donors (Lipinski definition) is 1. The van der Waals surface area contributed by atoms with Crippen molar-refractivity contribution in [1.82, 2.24) is 14.8 Å². The average molecular weight is 431 g/mol. The second-order valence-electron chi connectivity index (χ2n) is 6.23. The molecule has 3 rings (SSSR count). The van der Waals surface area contributed by atoms with Crippen molar-refractivity contribution in [3.8, 4) is 11.1 Å². The van der Waals surface area contributed by atoms with Gasteiger partial charge in [-0.2, -0.15) is 0 Å². The number of nitrogens with one attached hydrogen (secondary N) is 1. The second-order valence-corrected chi connectivity index (χ2v) is 8.05. The Morgan fingerprint density at radius 3 is 2.69 bits per heavy atom. The molecule has 3 aromatic rings. The summed E-state index contributed by atoms with van der Waals surface area (Å²) in [5.74, 6) is 0.297. The van der Waals surface area contributed by atoms with Crippen molar-refractivity contribution in [2.75, 3.05) is 18.2 Å². The maximum atomic E-state index is 12.5. The van der Waals surface area contributed by atoms with Crippen molar-refractivity contribution >= 4 is 40.0 Å². The van der Waals surface area contributed by atoms with Crippen LogP contribution in [0.1, 0.15) is 29.5 Å². The second kappa shape index (κ2) is 9.71. The van der Waals surface area contributed by atoms with E-state index in [2.05, 4.69) is 22.4 Å². The molecular weight excluding hydrogens is 408 g/mol. The van der Waals surface area contributed by atoms with Gasteiger partial charge < -0.3 is 14.6 Å². The summed E-state index contributed by atoms with van der Waals surface area (Å²) in [6, 6.07) is 9.54. The minimum Gasteiger partial charge on any atom is -0.465 e. The van der Waals surface area contributed by atoms with Crippen LogP contribution in [0.25, 0.3) is 11.1 Å². The van der Waals surface area contributed by atoms with Gasteiger partial charge >= 0.3 is 5.97 Å². The molecule has 9 heteroatoms. The number of aryl methyl sites for hydroxylation is 1. The first kappa shape index (κ1) is 21.1. The Kier molecular flexibility index (Phi) is 7.05. The summed E-state index contributed by atoms with van der Waals surface area (Å²) in [5.41, 5.74) is 2.00. The molecule has 0 saturated heterocycles. The number of anilines is 1. The molecule has 2 aromatic heterocycles. The molecule has 1 N–H and O–H groups in total. The predicted molar refractivity (Wildman–Crippen MR) is 115 cm³/mol. The summed E-state index contributed by atoms with van der Waals surface area (Å²) in [6.45, 7) is 4.78. The molecular formula is C20H22N4O3S2. The molecule has 1 aromatic carbocycles. The quantitative estimate of drug-likeness (QED) is 0.425. The van der Waals surface area contributed by atoms with Crippen molar-refractivity contribution in [1.29, 1.82) is 0 Å². The summed E-state index contributed by atoms with van der Waals surface area (Å²) in [6.07, 6.45) is 0.957. The summed E-state index contributed by atoms with van der Waals surface area (Å²) in [7, 11) is 1.33. The number of esters is 1. The lowest BCUT2D eigenvalue weighted by molar-refractivity contribution is -0.113. The molecule has 0 fully saturated rings. The van der Waals surface area contributed by atoms with Gasteiger partial charge in [0.15, 0.2) is 5.16 Å². The number of rotatable bonds is 8. The topological polar surface area (TPSA) is 86.1 Å². The van der Waals surface area contributed by atoms with Gasteiger partial charge in [0, 0.05) is 17.5 Å². The zero-order valence-corrected chi connectivity index (χ0v) is 18.1. The standard InChI is InChI=1S/C20H22N4O3S2/c1-4-10-24-13(2)22-23-20(24)29-12-16(25)21-18-17(19(26)27-3)15(11-28-18)14-8-6-5-7-9-14/h5-9,11H,4,10,12H2,1-3H3,(H,21,25). The third kappa shape index (κ3) is 4.86. The Morgan fingerprint density at radius 1 is 1.24 bits per heavy atom. The number of benzene rings is 1. The summed E-state index contributed by atoms with van der Waals surface area (Å²) in [5, 5.41) is 14.1. The molecule has 2 heterocycles. The Balaban J connectivity index is 1.75. The predicted octanol–water partition coefficient (Wildman–Crippen LogP) is 4.24. The lowest BCUT2D eigenvalue weighted by atomic mass is 10.0. The highest BCUT2D eigenvalue weighted by Gasteiger charge is 2.22. The van der Waals surface area contributed by atoms with E-state index in [9.17, 15) is 9.59 Å². The molecule has 29 heavy (non-hydrogen) atoms. The van der Waals surface area contributed by atoms with Gasteiger partial charge in [-0.25, -0.2) is 4.79 Å². The number of thiophene rings is 1. The fraction of sp³-hybridized carbons (Fsp3) is 0.300. The Hall–Kier alpha value is -2.65. The van der Waals surface area contributed by atoms with Gasteiger partial charge in [0.1, 0.15) is 16.4 Å². The van der Waals surface area contributed by atoms with E-state index in [1.807, 2.05) is 47.2 Å². The molecule has 152 valence electrons. The molecule has 0 spiro atoms. The van der Waals surface area contributed by atoms with Crippen molar-refractivity contribution in [3.63, 3.8) is 0 Å². The van der Waals surface area contributed by atoms with Gasteiger partial charge in [-0.1, -0.05) is 49.0 Å². The zero-order valence-electron chi connectivity index (χ0n) is 16.5. The Morgan fingerprint density at radius 2 is 2.00 bits per heavy atom. The third-order valence-electron chi connectivity index (χ3n) is 4.20. The number of nitrogens with zero attached hydrogens (tertiary/aromatic N) is 3. The summed E-state index contributed by atoms with van der Waals surface area (Å²) < 4.78 is 6.94. The monoisotopic (exact) mass is 430 g/mol. The highest BCUT2D eigenvalue weighted by Crippen LogP contribution is 2.36. The van der Waals surface area contributed by atoms with E-state index in [1.165, 1.54) is 30.2 Å².